The third-order valence-electron chi connectivity index (χ3n) is 11.3. The summed E-state index contributed by atoms with van der Waals surface area (Å²) >= 11 is 0. The van der Waals surface area contributed by atoms with Crippen LogP contribution in [0.3, 0.4) is 0 Å². The van der Waals surface area contributed by atoms with Crippen molar-refractivity contribution >= 4 is 27.5 Å². The van der Waals surface area contributed by atoms with Gasteiger partial charge in [-0.1, -0.05) is 18.4 Å². The van der Waals surface area contributed by atoms with Crippen molar-refractivity contribution in [1.29, 1.82) is 0 Å². The second-order valence-electron chi connectivity index (χ2n) is 15.1. The van der Waals surface area contributed by atoms with Crippen LogP contribution in [0.25, 0.3) is 32.9 Å². The zero-order chi connectivity index (χ0) is 36.9. The number of terminal acetylenes is 1. The van der Waals surface area contributed by atoms with Gasteiger partial charge in [-0.15, -0.1) is 6.42 Å². The summed E-state index contributed by atoms with van der Waals surface area (Å²) in [6.07, 6.45) is 11.6. The molecule has 2 aromatic carbocycles. The van der Waals surface area contributed by atoms with Gasteiger partial charge in [-0.2, -0.15) is 9.97 Å². The summed E-state index contributed by atoms with van der Waals surface area (Å²) in [5.74, 6) is 0.684. The molecule has 0 spiro atoms. The van der Waals surface area contributed by atoms with Crippen LogP contribution < -0.4 is 14.4 Å². The van der Waals surface area contributed by atoms with Gasteiger partial charge in [-0.3, -0.25) is 4.90 Å². The van der Waals surface area contributed by atoms with E-state index in [4.69, 9.17) is 40.1 Å². The van der Waals surface area contributed by atoms with Crippen molar-refractivity contribution < 1.29 is 37.6 Å². The molecular weight excluding hydrogens is 684 g/mol. The Kier molecular flexibility index (Phi) is 9.51. The van der Waals surface area contributed by atoms with E-state index in [9.17, 15) is 5.11 Å². The Hall–Kier alpha value is -4.35. The maximum Gasteiger partial charge on any atom is 0.319 e. The Morgan fingerprint density at radius 3 is 2.68 bits per heavy atom. The molecule has 0 radical (unpaired) electrons. The molecule has 1 saturated carbocycles. The fraction of sp³-hybridized carbons (Fsp3) is 0.525. The van der Waals surface area contributed by atoms with Gasteiger partial charge in [-0.25, -0.2) is 13.8 Å². The highest BCUT2D eigenvalue weighted by molar-refractivity contribution is 6.04. The van der Waals surface area contributed by atoms with Crippen molar-refractivity contribution in [2.24, 2.45) is 5.41 Å². The summed E-state index contributed by atoms with van der Waals surface area (Å²) in [5, 5.41) is 11.6. The predicted octanol–water partition coefficient (Wildman–Crippen LogP) is 6.21. The van der Waals surface area contributed by atoms with Crippen molar-refractivity contribution in [2.75, 3.05) is 64.6 Å². The first-order valence-electron chi connectivity index (χ1n) is 18.5. The van der Waals surface area contributed by atoms with E-state index in [0.717, 1.165) is 51.6 Å². The zero-order valence-electron chi connectivity index (χ0n) is 30.4. The fourth-order valence-corrected chi connectivity index (χ4v) is 8.99. The number of halogens is 2. The van der Waals surface area contributed by atoms with Crippen molar-refractivity contribution in [3.05, 3.63) is 41.5 Å². The van der Waals surface area contributed by atoms with Crippen molar-refractivity contribution in [1.82, 2.24) is 19.9 Å². The number of benzene rings is 2. The molecule has 3 saturated heterocycles. The highest BCUT2D eigenvalue weighted by Gasteiger charge is 2.49. The molecule has 1 N–H and O–H groups in total. The first-order chi connectivity index (χ1) is 25.6. The number of piperidine rings is 1. The van der Waals surface area contributed by atoms with Crippen LogP contribution in [-0.2, 0) is 14.2 Å². The fourth-order valence-electron chi connectivity index (χ4n) is 8.99. The third-order valence-corrected chi connectivity index (χ3v) is 11.3. The smallest absolute Gasteiger partial charge is 0.319 e. The van der Waals surface area contributed by atoms with Gasteiger partial charge in [-0.05, 0) is 76.1 Å². The van der Waals surface area contributed by atoms with E-state index in [2.05, 4.69) is 15.8 Å². The highest BCUT2D eigenvalue weighted by atomic mass is 19.1. The minimum Gasteiger partial charge on any atom is -0.508 e. The minimum absolute atomic E-state index is 0.00363. The molecule has 280 valence electrons. The quantitative estimate of drug-likeness (QED) is 0.209. The maximum atomic E-state index is 17.2. The van der Waals surface area contributed by atoms with E-state index in [0.29, 0.717) is 56.8 Å². The topological polar surface area (TPSA) is 112 Å². The molecule has 53 heavy (non-hydrogen) atoms. The normalized spacial score (nSPS) is 24.6. The summed E-state index contributed by atoms with van der Waals surface area (Å²) in [6.45, 7) is 8.76. The second kappa shape index (κ2) is 14.1. The number of hydrogen-bond donors (Lipinski definition) is 1. The number of phenols is 1. The molecule has 2 aromatic heterocycles. The summed E-state index contributed by atoms with van der Waals surface area (Å²) in [4.78, 5) is 18.8. The number of likely N-dealkylation sites (tertiary alicyclic amines) is 1. The molecule has 4 fully saturated rings. The number of aromatic hydroxyl groups is 1. The zero-order valence-corrected chi connectivity index (χ0v) is 30.4. The lowest BCUT2D eigenvalue weighted by Gasteiger charge is -2.46. The van der Waals surface area contributed by atoms with Gasteiger partial charge in [0.05, 0.1) is 38.6 Å². The molecule has 4 aliphatic rings. The van der Waals surface area contributed by atoms with Crippen LogP contribution in [0.4, 0.5) is 14.6 Å². The van der Waals surface area contributed by atoms with Gasteiger partial charge in [0.15, 0.2) is 11.6 Å². The summed E-state index contributed by atoms with van der Waals surface area (Å²) in [5.41, 5.74) is -0.370. The van der Waals surface area contributed by atoms with Gasteiger partial charge >= 0.3 is 6.01 Å². The molecule has 1 aliphatic carbocycles. The molecule has 4 aromatic rings. The van der Waals surface area contributed by atoms with Crippen LogP contribution in [0.15, 0.2) is 24.3 Å². The molecular formula is C40H45F2N5O6. The first kappa shape index (κ1) is 35.7. The number of aromatic nitrogens is 3. The molecule has 8 rings (SSSR count). The second-order valence-corrected chi connectivity index (χ2v) is 15.1. The minimum atomic E-state index is -0.804. The summed E-state index contributed by atoms with van der Waals surface area (Å²) < 4.78 is 62.4. The molecule has 11 nitrogen and oxygen atoms in total. The van der Waals surface area contributed by atoms with Crippen LogP contribution in [-0.4, -0.2) is 103 Å². The van der Waals surface area contributed by atoms with E-state index >= 15 is 8.78 Å². The number of hydrogen-bond acceptors (Lipinski definition) is 11. The SMILES string of the molecule is C#Cc1c(F)ccc2cc(O)cc(-c3nc(OC)c4c(N5CCCOCC5)nc(OC[C@]56CCC[C@H]5N(C[C@H]5COC(C)(C)O5)CCC6)nc4c3F)c12. The van der Waals surface area contributed by atoms with E-state index in [-0.39, 0.29) is 62.3 Å². The van der Waals surface area contributed by atoms with Gasteiger partial charge < -0.3 is 33.7 Å². The Balaban J connectivity index is 1.21. The Bertz CT molecular complexity index is 2080. The van der Waals surface area contributed by atoms with E-state index in [1.807, 2.05) is 18.7 Å². The lowest BCUT2D eigenvalue weighted by molar-refractivity contribution is -0.143. The lowest BCUT2D eigenvalue weighted by Crippen LogP contribution is -2.54. The van der Waals surface area contributed by atoms with Crippen LogP contribution in [0, 0.1) is 29.4 Å². The van der Waals surface area contributed by atoms with Crippen molar-refractivity contribution in [3.63, 3.8) is 0 Å². The number of pyridine rings is 1. The molecule has 3 aliphatic heterocycles. The Morgan fingerprint density at radius 2 is 1.89 bits per heavy atom. The number of fused-ring (bicyclic) bond motifs is 3. The Labute approximate surface area is 307 Å². The standard InChI is InChI=1S/C40H45F2N5O6/c1-5-27-29(41)11-10-24-19-25(48)20-28(31(24)27)34-33(42)35-32(37(43-34)49-4)36(46-15-8-17-50-18-16-46)45-38(44-35)51-23-40-12-6-9-30(40)47(14-7-13-40)21-26-22-52-39(2,3)53-26/h1,10-11,19-20,26,30,48H,6-9,12-18,21-23H2,2-4H3/t26-,30+,40+/m0/s1. The van der Waals surface area contributed by atoms with Crippen LogP contribution >= 0.6 is 0 Å². The summed E-state index contributed by atoms with van der Waals surface area (Å²) in [6, 6.07) is 5.80. The third kappa shape index (κ3) is 6.60. The molecule has 3 atom stereocenters. The molecule has 0 unspecified atom stereocenters. The van der Waals surface area contributed by atoms with Gasteiger partial charge in [0, 0.05) is 48.6 Å². The highest BCUT2D eigenvalue weighted by Crippen LogP contribution is 2.49. The Morgan fingerprint density at radius 1 is 1.04 bits per heavy atom. The average molecular weight is 730 g/mol. The summed E-state index contributed by atoms with van der Waals surface area (Å²) in [7, 11) is 1.44. The van der Waals surface area contributed by atoms with Gasteiger partial charge in [0.1, 0.15) is 34.0 Å². The first-order valence-corrected chi connectivity index (χ1v) is 18.5. The van der Waals surface area contributed by atoms with Crippen LogP contribution in [0.1, 0.15) is 57.9 Å². The number of ether oxygens (including phenoxy) is 5. The average Bonchev–Trinajstić information content (AvgIpc) is 3.62. The van der Waals surface area contributed by atoms with E-state index in [1.165, 1.54) is 31.4 Å². The van der Waals surface area contributed by atoms with E-state index in [1.54, 1.807) is 0 Å². The monoisotopic (exact) mass is 729 g/mol. The number of anilines is 1. The number of phenolic OH excluding ortho intramolecular Hbond substituents is 1. The van der Waals surface area contributed by atoms with E-state index < -0.39 is 17.4 Å². The van der Waals surface area contributed by atoms with Gasteiger partial charge in [0.2, 0.25) is 5.88 Å². The van der Waals surface area contributed by atoms with Crippen LogP contribution in [0.2, 0.25) is 0 Å². The molecule has 5 heterocycles. The number of nitrogens with zero attached hydrogens (tertiary/aromatic N) is 5. The van der Waals surface area contributed by atoms with Crippen LogP contribution in [0.5, 0.6) is 17.6 Å². The van der Waals surface area contributed by atoms with Crippen molar-refractivity contribution in [3.8, 4) is 41.2 Å². The molecule has 0 bridgehead atoms. The van der Waals surface area contributed by atoms with Crippen molar-refractivity contribution in [2.45, 2.75) is 70.3 Å². The largest absolute Gasteiger partial charge is 0.508 e. The number of methoxy groups -OCH3 is 1. The lowest BCUT2D eigenvalue weighted by atomic mass is 9.75. The number of rotatable bonds is 8. The molecule has 0 amide bonds. The van der Waals surface area contributed by atoms with Gasteiger partial charge in [0.25, 0.3) is 0 Å². The molecule has 13 heteroatoms. The predicted molar refractivity (Wildman–Crippen MR) is 195 cm³/mol. The maximum absolute atomic E-state index is 17.2.